The molecule has 0 saturated heterocycles. The van der Waals surface area contributed by atoms with E-state index < -0.39 is 0 Å². The first-order valence-electron chi connectivity index (χ1n) is 26.6. The second kappa shape index (κ2) is 16.1. The van der Waals surface area contributed by atoms with Crippen molar-refractivity contribution >= 4 is 66.8 Å². The molecule has 2 atom stereocenters. The van der Waals surface area contributed by atoms with E-state index in [9.17, 15) is 0 Å². The van der Waals surface area contributed by atoms with Gasteiger partial charge in [-0.05, 0) is 158 Å². The Balaban J connectivity index is 1.30. The van der Waals surface area contributed by atoms with Crippen molar-refractivity contribution in [3.8, 4) is 11.1 Å². The van der Waals surface area contributed by atoms with Crippen LogP contribution >= 0.6 is 11.3 Å². The number of nitrogens with zero attached hydrogens (tertiary/aromatic N) is 2. The molecule has 0 spiro atoms. The molecule has 3 aliphatic carbocycles. The van der Waals surface area contributed by atoms with Crippen LogP contribution in [0, 0.1) is 22.7 Å². The maximum absolute atomic E-state index is 2.82. The number of allylic oxidation sites excluding steroid dienone is 3. The summed E-state index contributed by atoms with van der Waals surface area (Å²) < 4.78 is 2.89. The van der Waals surface area contributed by atoms with Crippen molar-refractivity contribution in [2.45, 2.75) is 164 Å². The molecule has 1 aromatic heterocycles. The smallest absolute Gasteiger partial charge is 0.260 e. The zero-order valence-corrected chi connectivity index (χ0v) is 45.3. The van der Waals surface area contributed by atoms with E-state index in [-0.39, 0.29) is 33.8 Å². The van der Waals surface area contributed by atoms with Crippen molar-refractivity contribution in [3.63, 3.8) is 0 Å². The van der Waals surface area contributed by atoms with Crippen LogP contribution in [0.3, 0.4) is 0 Å². The lowest BCUT2D eigenvalue weighted by Crippen LogP contribution is -2.58. The van der Waals surface area contributed by atoms with E-state index in [0.717, 1.165) is 0 Å². The standard InChI is InChI=1S/C65H77BN2S/c1-40-56-50(64(11,12)33-34-65(56,13)14)39-54-57(40)66-58-52(67(47-29-25-44(26-30-47)61(2,3)4)59-49-38-46(63(8,9)10)28-32-55(49)69-60(59)66)35-43(41-21-17-15-18-22-41)36-53(58)68(54)51-31-27-45(62(5,6)7)37-48(51)42-23-19-16-20-24-42/h16,19-20,23-32,35-41,56H,15,17-18,21-22,33-34H2,1-14H3. The molecule has 2 nitrogen and oxygen atoms in total. The second-order valence-electron chi connectivity index (χ2n) is 26.4. The van der Waals surface area contributed by atoms with Gasteiger partial charge in [-0.15, -0.1) is 11.3 Å². The van der Waals surface area contributed by atoms with Crippen molar-refractivity contribution in [1.29, 1.82) is 0 Å². The Morgan fingerprint density at radius 3 is 1.88 bits per heavy atom. The summed E-state index contributed by atoms with van der Waals surface area (Å²) in [6.07, 6.45) is 11.7. The molecule has 69 heavy (non-hydrogen) atoms. The summed E-state index contributed by atoms with van der Waals surface area (Å²) in [5.41, 5.74) is 21.4. The van der Waals surface area contributed by atoms with Crippen LogP contribution in [0.4, 0.5) is 28.4 Å². The first-order valence-corrected chi connectivity index (χ1v) is 27.5. The Kier molecular flexibility index (Phi) is 10.9. The Labute approximate surface area is 420 Å². The van der Waals surface area contributed by atoms with Gasteiger partial charge in [-0.1, -0.05) is 182 Å². The van der Waals surface area contributed by atoms with Gasteiger partial charge in [0.15, 0.2) is 0 Å². The number of rotatable bonds is 4. The Hall–Kier alpha value is -4.80. The molecule has 2 fully saturated rings. The van der Waals surface area contributed by atoms with E-state index in [1.165, 1.54) is 133 Å². The van der Waals surface area contributed by atoms with Crippen LogP contribution in [-0.2, 0) is 16.2 Å². The van der Waals surface area contributed by atoms with Gasteiger partial charge in [0.05, 0.1) is 11.4 Å². The quantitative estimate of drug-likeness (QED) is 0.163. The zero-order chi connectivity index (χ0) is 48.7. The fourth-order valence-corrected chi connectivity index (χ4v) is 14.9. The van der Waals surface area contributed by atoms with Crippen molar-refractivity contribution < 1.29 is 0 Å². The Morgan fingerprint density at radius 2 is 1.23 bits per heavy atom. The van der Waals surface area contributed by atoms with Gasteiger partial charge in [0.25, 0.3) is 6.71 Å². The lowest BCUT2D eigenvalue weighted by atomic mass is 9.31. The van der Waals surface area contributed by atoms with E-state index in [1.807, 2.05) is 0 Å². The van der Waals surface area contributed by atoms with Gasteiger partial charge < -0.3 is 9.80 Å². The van der Waals surface area contributed by atoms with Gasteiger partial charge in [0, 0.05) is 43.2 Å². The molecular formula is C65H77BN2S. The minimum atomic E-state index is -0.000721. The van der Waals surface area contributed by atoms with Crippen molar-refractivity contribution in [3.05, 3.63) is 148 Å². The van der Waals surface area contributed by atoms with E-state index in [0.29, 0.717) is 17.8 Å². The SMILES string of the molecule is CC1C2=C(C=C3C1C(C)(C)CCC3(C)C)N(c1ccc(C(C)(C)C)cc1-c1ccccc1)c1cc(C3CCCCC3)cc3c1B2c1sc2ccc(C(C)(C)C)cc2c1N3c1ccc(C(C)(C)C)cc1. The van der Waals surface area contributed by atoms with Gasteiger partial charge in [0.1, 0.15) is 0 Å². The fraction of sp³-hybridized carbons (Fsp3) is 0.446. The van der Waals surface area contributed by atoms with Gasteiger partial charge in [-0.2, -0.15) is 0 Å². The van der Waals surface area contributed by atoms with Crippen LogP contribution in [0.15, 0.2) is 126 Å². The third-order valence-corrected chi connectivity index (χ3v) is 18.9. The molecule has 0 amide bonds. The molecule has 5 aliphatic rings. The van der Waals surface area contributed by atoms with E-state index in [1.54, 1.807) is 11.0 Å². The highest BCUT2D eigenvalue weighted by molar-refractivity contribution is 7.32. The van der Waals surface area contributed by atoms with E-state index in [2.05, 4.69) is 227 Å². The molecule has 2 unspecified atom stereocenters. The van der Waals surface area contributed by atoms with E-state index >= 15 is 0 Å². The van der Waals surface area contributed by atoms with Crippen LogP contribution < -0.4 is 20.0 Å². The minimum absolute atomic E-state index is 0.000721. The van der Waals surface area contributed by atoms with Crippen LogP contribution in [0.2, 0.25) is 0 Å². The zero-order valence-electron chi connectivity index (χ0n) is 44.5. The average Bonchev–Trinajstić information content (AvgIpc) is 3.68. The molecule has 0 N–H and O–H groups in total. The van der Waals surface area contributed by atoms with Gasteiger partial charge in [-0.25, -0.2) is 0 Å². The fourth-order valence-electron chi connectivity index (χ4n) is 13.6. The number of anilines is 5. The third kappa shape index (κ3) is 7.63. The molecule has 6 aromatic rings. The molecule has 3 heterocycles. The highest BCUT2D eigenvalue weighted by atomic mass is 32.1. The van der Waals surface area contributed by atoms with Crippen molar-refractivity contribution in [2.24, 2.45) is 22.7 Å². The third-order valence-electron chi connectivity index (χ3n) is 17.7. The van der Waals surface area contributed by atoms with Gasteiger partial charge >= 0.3 is 0 Å². The van der Waals surface area contributed by atoms with Crippen LogP contribution in [0.1, 0.15) is 170 Å². The van der Waals surface area contributed by atoms with Gasteiger partial charge in [-0.3, -0.25) is 0 Å². The highest BCUT2D eigenvalue weighted by Gasteiger charge is 2.55. The molecule has 11 rings (SSSR count). The van der Waals surface area contributed by atoms with Crippen LogP contribution in [0.25, 0.3) is 21.2 Å². The maximum Gasteiger partial charge on any atom is 0.260 e. The average molecular weight is 929 g/mol. The lowest BCUT2D eigenvalue weighted by Gasteiger charge is -2.56. The summed E-state index contributed by atoms with van der Waals surface area (Å²) in [7, 11) is 0. The topological polar surface area (TPSA) is 6.48 Å². The monoisotopic (exact) mass is 929 g/mol. The predicted octanol–water partition coefficient (Wildman–Crippen LogP) is 17.9. The largest absolute Gasteiger partial charge is 0.311 e. The van der Waals surface area contributed by atoms with E-state index in [4.69, 9.17) is 0 Å². The summed E-state index contributed by atoms with van der Waals surface area (Å²) >= 11 is 2.07. The molecule has 0 radical (unpaired) electrons. The van der Waals surface area contributed by atoms with Crippen LogP contribution in [-0.4, -0.2) is 6.71 Å². The highest BCUT2D eigenvalue weighted by Crippen LogP contribution is 2.62. The molecule has 356 valence electrons. The number of benzene rings is 5. The first-order chi connectivity index (χ1) is 32.5. The summed E-state index contributed by atoms with van der Waals surface area (Å²) in [5.74, 6) is 1.30. The number of thiophene rings is 1. The summed E-state index contributed by atoms with van der Waals surface area (Å²) in [6, 6.07) is 41.3. The normalized spacial score (nSPS) is 21.2. The summed E-state index contributed by atoms with van der Waals surface area (Å²) in [5, 5.41) is 1.39. The predicted molar refractivity (Wildman–Crippen MR) is 302 cm³/mol. The van der Waals surface area contributed by atoms with Crippen LogP contribution in [0.5, 0.6) is 0 Å². The number of hydrogen-bond acceptors (Lipinski definition) is 3. The number of hydrogen-bond donors (Lipinski definition) is 0. The van der Waals surface area contributed by atoms with Crippen molar-refractivity contribution in [1.82, 2.24) is 0 Å². The van der Waals surface area contributed by atoms with Crippen molar-refractivity contribution in [2.75, 3.05) is 9.80 Å². The molecule has 2 saturated carbocycles. The minimum Gasteiger partial charge on any atom is -0.311 e. The Morgan fingerprint density at radius 1 is 0.623 bits per heavy atom. The maximum atomic E-state index is 2.82. The summed E-state index contributed by atoms with van der Waals surface area (Å²) in [4.78, 5) is 5.57. The molecule has 0 bridgehead atoms. The lowest BCUT2D eigenvalue weighted by molar-refractivity contribution is 0.0950. The molecule has 5 aromatic carbocycles. The van der Waals surface area contributed by atoms with Gasteiger partial charge in [0.2, 0.25) is 0 Å². The Bertz CT molecular complexity index is 3060. The molecule has 2 aliphatic heterocycles. The first kappa shape index (κ1) is 46.6. The number of fused-ring (bicyclic) bond motifs is 6. The molecular weight excluding hydrogens is 852 g/mol. The molecule has 4 heteroatoms. The second-order valence-corrected chi connectivity index (χ2v) is 27.5. The summed E-state index contributed by atoms with van der Waals surface area (Å²) in [6.45, 7) is 34.3.